The fourth-order valence-corrected chi connectivity index (χ4v) is 2.73. The third kappa shape index (κ3) is 5.36. The molecule has 1 heterocycles. The first-order valence-electron chi connectivity index (χ1n) is 7.12. The van der Waals surface area contributed by atoms with E-state index >= 15 is 0 Å². The van der Waals surface area contributed by atoms with Crippen molar-refractivity contribution in [2.45, 2.75) is 45.7 Å². The SMILES string of the molecule is CC(C)CC(CC(C)N1CCNCC1)N(C)C. The standard InChI is InChI=1S/C14H31N3/c1-12(2)10-14(16(4)5)11-13(3)17-8-6-15-7-9-17/h12-15H,6-11H2,1-5H3. The van der Waals surface area contributed by atoms with Crippen molar-refractivity contribution in [2.75, 3.05) is 40.3 Å². The quantitative estimate of drug-likeness (QED) is 0.763. The van der Waals surface area contributed by atoms with Gasteiger partial charge in [0.15, 0.2) is 0 Å². The molecule has 1 saturated heterocycles. The van der Waals surface area contributed by atoms with Crippen LogP contribution in [0.2, 0.25) is 0 Å². The van der Waals surface area contributed by atoms with Crippen molar-refractivity contribution in [1.29, 1.82) is 0 Å². The lowest BCUT2D eigenvalue weighted by Gasteiger charge is -2.36. The summed E-state index contributed by atoms with van der Waals surface area (Å²) < 4.78 is 0. The fourth-order valence-electron chi connectivity index (χ4n) is 2.73. The largest absolute Gasteiger partial charge is 0.314 e. The van der Waals surface area contributed by atoms with Crippen LogP contribution in [-0.4, -0.2) is 62.2 Å². The Labute approximate surface area is 108 Å². The summed E-state index contributed by atoms with van der Waals surface area (Å²) in [5, 5.41) is 3.43. The topological polar surface area (TPSA) is 18.5 Å². The van der Waals surface area contributed by atoms with E-state index in [2.05, 4.69) is 50.0 Å². The van der Waals surface area contributed by atoms with Gasteiger partial charge in [-0.2, -0.15) is 0 Å². The van der Waals surface area contributed by atoms with Gasteiger partial charge in [0.2, 0.25) is 0 Å². The van der Waals surface area contributed by atoms with Crippen LogP contribution in [0.4, 0.5) is 0 Å². The Kier molecular flexibility index (Phi) is 6.45. The first-order chi connectivity index (χ1) is 8.00. The van der Waals surface area contributed by atoms with Gasteiger partial charge in [-0.1, -0.05) is 13.8 Å². The smallest absolute Gasteiger partial charge is 0.0110 e. The summed E-state index contributed by atoms with van der Waals surface area (Å²) in [5.41, 5.74) is 0. The van der Waals surface area contributed by atoms with Crippen LogP contribution in [0, 0.1) is 5.92 Å². The molecule has 1 rings (SSSR count). The van der Waals surface area contributed by atoms with Crippen molar-refractivity contribution >= 4 is 0 Å². The zero-order chi connectivity index (χ0) is 12.8. The molecule has 0 radical (unpaired) electrons. The van der Waals surface area contributed by atoms with Crippen LogP contribution in [0.3, 0.4) is 0 Å². The third-order valence-electron chi connectivity index (χ3n) is 3.86. The molecular weight excluding hydrogens is 210 g/mol. The van der Waals surface area contributed by atoms with Gasteiger partial charge in [0.05, 0.1) is 0 Å². The summed E-state index contributed by atoms with van der Waals surface area (Å²) in [5.74, 6) is 0.789. The molecule has 2 atom stereocenters. The van der Waals surface area contributed by atoms with E-state index in [1.165, 1.54) is 25.9 Å². The zero-order valence-electron chi connectivity index (χ0n) is 12.4. The highest BCUT2D eigenvalue weighted by Gasteiger charge is 2.22. The molecule has 102 valence electrons. The third-order valence-corrected chi connectivity index (χ3v) is 3.86. The molecule has 0 saturated carbocycles. The van der Waals surface area contributed by atoms with Crippen molar-refractivity contribution in [3.63, 3.8) is 0 Å². The number of rotatable bonds is 6. The highest BCUT2D eigenvalue weighted by Crippen LogP contribution is 2.17. The molecule has 1 N–H and O–H groups in total. The molecule has 0 amide bonds. The maximum atomic E-state index is 3.43. The van der Waals surface area contributed by atoms with E-state index in [1.807, 2.05) is 0 Å². The summed E-state index contributed by atoms with van der Waals surface area (Å²) in [6.45, 7) is 11.8. The maximum Gasteiger partial charge on any atom is 0.0110 e. The number of nitrogens with zero attached hydrogens (tertiary/aromatic N) is 2. The van der Waals surface area contributed by atoms with Crippen LogP contribution in [-0.2, 0) is 0 Å². The number of hydrogen-bond acceptors (Lipinski definition) is 3. The molecule has 0 aromatic heterocycles. The van der Waals surface area contributed by atoms with E-state index < -0.39 is 0 Å². The predicted octanol–water partition coefficient (Wildman–Crippen LogP) is 1.65. The van der Waals surface area contributed by atoms with Crippen LogP contribution >= 0.6 is 0 Å². The number of hydrogen-bond donors (Lipinski definition) is 1. The Morgan fingerprint density at radius 1 is 1.06 bits per heavy atom. The fraction of sp³-hybridized carbons (Fsp3) is 1.00. The van der Waals surface area contributed by atoms with E-state index in [0.717, 1.165) is 25.0 Å². The number of nitrogens with one attached hydrogen (secondary N) is 1. The van der Waals surface area contributed by atoms with Crippen molar-refractivity contribution in [3.8, 4) is 0 Å². The van der Waals surface area contributed by atoms with Gasteiger partial charge < -0.3 is 10.2 Å². The first kappa shape index (κ1) is 14.9. The van der Waals surface area contributed by atoms with Crippen molar-refractivity contribution in [1.82, 2.24) is 15.1 Å². The Morgan fingerprint density at radius 3 is 2.12 bits per heavy atom. The first-order valence-corrected chi connectivity index (χ1v) is 7.12. The molecule has 2 unspecified atom stereocenters. The van der Waals surface area contributed by atoms with Gasteiger partial charge in [-0.3, -0.25) is 4.90 Å². The van der Waals surface area contributed by atoms with Crippen molar-refractivity contribution in [2.24, 2.45) is 5.92 Å². The summed E-state index contributed by atoms with van der Waals surface area (Å²) in [7, 11) is 4.44. The van der Waals surface area contributed by atoms with E-state index in [1.54, 1.807) is 0 Å². The maximum absolute atomic E-state index is 3.43. The van der Waals surface area contributed by atoms with E-state index in [0.29, 0.717) is 6.04 Å². The highest BCUT2D eigenvalue weighted by molar-refractivity contribution is 4.79. The molecule has 1 aliphatic heterocycles. The molecule has 3 nitrogen and oxygen atoms in total. The van der Waals surface area contributed by atoms with Crippen LogP contribution < -0.4 is 5.32 Å². The molecule has 1 aliphatic rings. The molecule has 0 spiro atoms. The average molecular weight is 241 g/mol. The molecule has 17 heavy (non-hydrogen) atoms. The van der Waals surface area contributed by atoms with Crippen LogP contribution in [0.1, 0.15) is 33.6 Å². The van der Waals surface area contributed by atoms with Crippen LogP contribution in [0.5, 0.6) is 0 Å². The van der Waals surface area contributed by atoms with Gasteiger partial charge >= 0.3 is 0 Å². The summed E-state index contributed by atoms with van der Waals surface area (Å²) in [4.78, 5) is 5.03. The van der Waals surface area contributed by atoms with Crippen LogP contribution in [0.25, 0.3) is 0 Å². The number of piperazine rings is 1. The highest BCUT2D eigenvalue weighted by atomic mass is 15.2. The normalized spacial score (nSPS) is 22.1. The minimum absolute atomic E-state index is 0.711. The minimum atomic E-state index is 0.711. The Morgan fingerprint density at radius 2 is 1.65 bits per heavy atom. The van der Waals surface area contributed by atoms with E-state index in [4.69, 9.17) is 0 Å². The second kappa shape index (κ2) is 7.34. The average Bonchev–Trinajstić information content (AvgIpc) is 2.28. The monoisotopic (exact) mass is 241 g/mol. The predicted molar refractivity (Wildman–Crippen MR) is 75.5 cm³/mol. The van der Waals surface area contributed by atoms with Crippen LogP contribution in [0.15, 0.2) is 0 Å². The second-order valence-corrected chi connectivity index (χ2v) is 6.12. The molecular formula is C14H31N3. The lowest BCUT2D eigenvalue weighted by Crippen LogP contribution is -2.49. The van der Waals surface area contributed by atoms with Crippen molar-refractivity contribution in [3.05, 3.63) is 0 Å². The lowest BCUT2D eigenvalue weighted by molar-refractivity contribution is 0.135. The Balaban J connectivity index is 2.41. The van der Waals surface area contributed by atoms with Gasteiger partial charge in [-0.15, -0.1) is 0 Å². The van der Waals surface area contributed by atoms with Gasteiger partial charge in [-0.05, 0) is 39.8 Å². The summed E-state index contributed by atoms with van der Waals surface area (Å²) in [6.07, 6.45) is 2.61. The Hall–Kier alpha value is -0.120. The van der Waals surface area contributed by atoms with Gasteiger partial charge in [0.25, 0.3) is 0 Å². The zero-order valence-corrected chi connectivity index (χ0v) is 12.4. The van der Waals surface area contributed by atoms with Gasteiger partial charge in [-0.25, -0.2) is 0 Å². The molecule has 0 aromatic rings. The van der Waals surface area contributed by atoms with E-state index in [-0.39, 0.29) is 0 Å². The molecule has 1 fully saturated rings. The molecule has 0 aromatic carbocycles. The van der Waals surface area contributed by atoms with Gasteiger partial charge in [0, 0.05) is 38.3 Å². The minimum Gasteiger partial charge on any atom is -0.314 e. The molecule has 3 heteroatoms. The lowest BCUT2D eigenvalue weighted by atomic mass is 9.96. The van der Waals surface area contributed by atoms with E-state index in [9.17, 15) is 0 Å². The summed E-state index contributed by atoms with van der Waals surface area (Å²) in [6, 6.07) is 1.43. The van der Waals surface area contributed by atoms with Crippen molar-refractivity contribution < 1.29 is 0 Å². The summed E-state index contributed by atoms with van der Waals surface area (Å²) >= 11 is 0. The Bertz CT molecular complexity index is 198. The molecule has 0 aliphatic carbocycles. The second-order valence-electron chi connectivity index (χ2n) is 6.12. The molecule has 0 bridgehead atoms. The van der Waals surface area contributed by atoms with Gasteiger partial charge in [0.1, 0.15) is 0 Å².